The minimum Gasteiger partial charge on any atom is -0.340 e. The second-order valence-electron chi connectivity index (χ2n) is 6.26. The first-order valence-electron chi connectivity index (χ1n) is 8.06. The predicted molar refractivity (Wildman–Crippen MR) is 93.7 cm³/mol. The molecule has 1 amide bonds. The molecule has 3 rings (SSSR count). The smallest absolute Gasteiger partial charge is 0.267 e. The number of carbonyl (C=O) groups is 1. The van der Waals surface area contributed by atoms with Crippen LogP contribution in [0.2, 0.25) is 0 Å². The number of sulfone groups is 1. The van der Waals surface area contributed by atoms with Crippen LogP contribution in [0, 0.1) is 5.82 Å². The number of aromatic nitrogens is 2. The maximum atomic E-state index is 13.9. The van der Waals surface area contributed by atoms with Crippen molar-refractivity contribution in [3.63, 3.8) is 0 Å². The Kier molecular flexibility index (Phi) is 4.90. The molecule has 2 aromatic rings. The van der Waals surface area contributed by atoms with E-state index in [0.717, 1.165) is 4.68 Å². The molecule has 0 unspecified atom stereocenters. The van der Waals surface area contributed by atoms with Crippen molar-refractivity contribution in [2.45, 2.75) is 19.0 Å². The zero-order valence-electron chi connectivity index (χ0n) is 14.1. The van der Waals surface area contributed by atoms with Crippen molar-refractivity contribution in [2.24, 2.45) is 0 Å². The lowest BCUT2D eigenvalue weighted by Crippen LogP contribution is -2.41. The van der Waals surface area contributed by atoms with Gasteiger partial charge in [-0.15, -0.1) is 0 Å². The second-order valence-corrected chi connectivity index (χ2v) is 8.48. The summed E-state index contributed by atoms with van der Waals surface area (Å²) in [7, 11) is -1.61. The Labute approximate surface area is 150 Å². The SMILES string of the molecule is CN(C(=O)Cn1nc(-c2ccccc2F)ccc1=O)[C@H]1CCS(=O)(=O)C1. The summed E-state index contributed by atoms with van der Waals surface area (Å²) in [4.78, 5) is 25.8. The van der Waals surface area contributed by atoms with Crippen LogP contribution in [0.3, 0.4) is 0 Å². The fourth-order valence-corrected chi connectivity index (χ4v) is 4.67. The van der Waals surface area contributed by atoms with Crippen LogP contribution < -0.4 is 5.56 Å². The van der Waals surface area contributed by atoms with Crippen molar-refractivity contribution in [3.05, 3.63) is 52.6 Å². The predicted octanol–water partition coefficient (Wildman–Crippen LogP) is 0.695. The van der Waals surface area contributed by atoms with Gasteiger partial charge in [-0.05, 0) is 24.6 Å². The average molecular weight is 379 g/mol. The molecule has 1 atom stereocenters. The molecule has 138 valence electrons. The van der Waals surface area contributed by atoms with E-state index in [9.17, 15) is 22.4 Å². The second kappa shape index (κ2) is 6.99. The summed E-state index contributed by atoms with van der Waals surface area (Å²) >= 11 is 0. The molecule has 0 spiro atoms. The van der Waals surface area contributed by atoms with E-state index in [1.165, 1.54) is 36.2 Å². The third kappa shape index (κ3) is 3.82. The molecule has 1 fully saturated rings. The van der Waals surface area contributed by atoms with Crippen LogP contribution in [0.25, 0.3) is 11.3 Å². The molecular weight excluding hydrogens is 361 g/mol. The lowest BCUT2D eigenvalue weighted by molar-refractivity contribution is -0.132. The fraction of sp³-hybridized carbons (Fsp3) is 0.353. The third-order valence-corrected chi connectivity index (χ3v) is 6.20. The van der Waals surface area contributed by atoms with Crippen molar-refractivity contribution >= 4 is 15.7 Å². The van der Waals surface area contributed by atoms with Crippen LogP contribution in [0.4, 0.5) is 4.39 Å². The summed E-state index contributed by atoms with van der Waals surface area (Å²) in [5, 5.41) is 4.08. The van der Waals surface area contributed by atoms with Gasteiger partial charge in [-0.25, -0.2) is 17.5 Å². The van der Waals surface area contributed by atoms with E-state index in [4.69, 9.17) is 0 Å². The van der Waals surface area contributed by atoms with Crippen LogP contribution in [0.5, 0.6) is 0 Å². The normalized spacial score (nSPS) is 18.6. The maximum absolute atomic E-state index is 13.9. The number of likely N-dealkylation sites (N-methyl/N-ethyl adjacent to an activating group) is 1. The summed E-state index contributed by atoms with van der Waals surface area (Å²) in [5.74, 6) is -0.930. The monoisotopic (exact) mass is 379 g/mol. The zero-order chi connectivity index (χ0) is 18.9. The Bertz CT molecular complexity index is 1000. The Morgan fingerprint density at radius 3 is 2.69 bits per heavy atom. The first-order valence-corrected chi connectivity index (χ1v) is 9.88. The number of carbonyl (C=O) groups excluding carboxylic acids is 1. The van der Waals surface area contributed by atoms with Gasteiger partial charge in [0, 0.05) is 24.7 Å². The van der Waals surface area contributed by atoms with Gasteiger partial charge in [0.1, 0.15) is 12.4 Å². The highest BCUT2D eigenvalue weighted by Crippen LogP contribution is 2.19. The lowest BCUT2D eigenvalue weighted by Gasteiger charge is -2.23. The highest BCUT2D eigenvalue weighted by molar-refractivity contribution is 7.91. The van der Waals surface area contributed by atoms with E-state index in [2.05, 4.69) is 5.10 Å². The maximum Gasteiger partial charge on any atom is 0.267 e. The van der Waals surface area contributed by atoms with E-state index in [0.29, 0.717) is 6.42 Å². The zero-order valence-corrected chi connectivity index (χ0v) is 14.9. The summed E-state index contributed by atoms with van der Waals surface area (Å²) < 4.78 is 38.0. The van der Waals surface area contributed by atoms with E-state index in [1.54, 1.807) is 12.1 Å². The van der Waals surface area contributed by atoms with Gasteiger partial charge in [-0.3, -0.25) is 9.59 Å². The largest absolute Gasteiger partial charge is 0.340 e. The number of halogens is 1. The van der Waals surface area contributed by atoms with Crippen molar-refractivity contribution in [3.8, 4) is 11.3 Å². The van der Waals surface area contributed by atoms with Gasteiger partial charge in [0.15, 0.2) is 9.84 Å². The van der Waals surface area contributed by atoms with Gasteiger partial charge >= 0.3 is 0 Å². The first kappa shape index (κ1) is 18.2. The van der Waals surface area contributed by atoms with Gasteiger partial charge in [0.05, 0.1) is 17.2 Å². The van der Waals surface area contributed by atoms with E-state index in [1.807, 2.05) is 0 Å². The third-order valence-electron chi connectivity index (χ3n) is 4.45. The highest BCUT2D eigenvalue weighted by Gasteiger charge is 2.32. The van der Waals surface area contributed by atoms with Gasteiger partial charge < -0.3 is 4.90 Å². The Hall–Kier alpha value is -2.55. The molecule has 1 saturated heterocycles. The number of rotatable bonds is 4. The molecule has 0 N–H and O–H groups in total. The Morgan fingerprint density at radius 2 is 2.04 bits per heavy atom. The lowest BCUT2D eigenvalue weighted by atomic mass is 10.1. The Morgan fingerprint density at radius 1 is 1.31 bits per heavy atom. The van der Waals surface area contributed by atoms with Crippen LogP contribution in [-0.4, -0.2) is 53.6 Å². The van der Waals surface area contributed by atoms with Crippen molar-refractivity contribution in [1.29, 1.82) is 0 Å². The van der Waals surface area contributed by atoms with Crippen LogP contribution >= 0.6 is 0 Å². The molecule has 7 nitrogen and oxygen atoms in total. The van der Waals surface area contributed by atoms with Gasteiger partial charge in [0.2, 0.25) is 5.91 Å². The topological polar surface area (TPSA) is 89.3 Å². The summed E-state index contributed by atoms with van der Waals surface area (Å²) in [6, 6.07) is 8.23. The molecule has 0 bridgehead atoms. The van der Waals surface area contributed by atoms with Crippen molar-refractivity contribution in [2.75, 3.05) is 18.6 Å². The molecule has 9 heteroatoms. The number of nitrogens with zero attached hydrogens (tertiary/aromatic N) is 3. The summed E-state index contributed by atoms with van der Waals surface area (Å²) in [5.41, 5.74) is -0.0311. The van der Waals surface area contributed by atoms with E-state index in [-0.39, 0.29) is 29.3 Å². The van der Waals surface area contributed by atoms with Crippen molar-refractivity contribution < 1.29 is 17.6 Å². The summed E-state index contributed by atoms with van der Waals surface area (Å²) in [6.07, 6.45) is 0.377. The number of benzene rings is 1. The van der Waals surface area contributed by atoms with Gasteiger partial charge in [-0.2, -0.15) is 5.10 Å². The van der Waals surface area contributed by atoms with E-state index < -0.39 is 33.2 Å². The van der Waals surface area contributed by atoms with Crippen LogP contribution in [0.1, 0.15) is 6.42 Å². The van der Waals surface area contributed by atoms with E-state index >= 15 is 0 Å². The molecule has 1 aromatic heterocycles. The molecule has 1 aliphatic heterocycles. The highest BCUT2D eigenvalue weighted by atomic mass is 32.2. The Balaban J connectivity index is 1.81. The van der Waals surface area contributed by atoms with Gasteiger partial charge in [-0.1, -0.05) is 12.1 Å². The fourth-order valence-electron chi connectivity index (χ4n) is 2.90. The molecule has 0 saturated carbocycles. The quantitative estimate of drug-likeness (QED) is 0.780. The standard InChI is InChI=1S/C17H18FN3O4S/c1-20(12-8-9-26(24,25)11-12)17(23)10-21-16(22)7-6-15(19-21)13-4-2-3-5-14(13)18/h2-7,12H,8-11H2,1H3/t12-/m0/s1. The summed E-state index contributed by atoms with van der Waals surface area (Å²) in [6.45, 7) is -0.339. The molecule has 1 aromatic carbocycles. The number of amides is 1. The number of hydrogen-bond donors (Lipinski definition) is 0. The minimum absolute atomic E-state index is 0.0518. The van der Waals surface area contributed by atoms with Crippen LogP contribution in [-0.2, 0) is 21.2 Å². The molecular formula is C17H18FN3O4S. The molecule has 2 heterocycles. The molecule has 0 radical (unpaired) electrons. The first-order chi connectivity index (χ1) is 12.3. The van der Waals surface area contributed by atoms with Crippen LogP contribution in [0.15, 0.2) is 41.2 Å². The molecule has 26 heavy (non-hydrogen) atoms. The molecule has 1 aliphatic rings. The minimum atomic E-state index is -3.12. The average Bonchev–Trinajstić information content (AvgIpc) is 2.96. The van der Waals surface area contributed by atoms with Crippen molar-refractivity contribution in [1.82, 2.24) is 14.7 Å². The molecule has 0 aliphatic carbocycles. The van der Waals surface area contributed by atoms with Gasteiger partial charge in [0.25, 0.3) is 5.56 Å². The number of hydrogen-bond acceptors (Lipinski definition) is 5.